The second kappa shape index (κ2) is 10.3. The zero-order valence-electron chi connectivity index (χ0n) is 16.7. The molecule has 2 rings (SSSR count). The Morgan fingerprint density at radius 3 is 2.59 bits per heavy atom. The van der Waals surface area contributed by atoms with Gasteiger partial charge in [-0.05, 0) is 62.5 Å². The fraction of sp³-hybridized carbons (Fsp3) is 0.500. The van der Waals surface area contributed by atoms with Gasteiger partial charge in [-0.3, -0.25) is 4.79 Å². The number of thiocarbonyl (C=S) groups is 1. The van der Waals surface area contributed by atoms with E-state index in [9.17, 15) is 4.79 Å². The highest BCUT2D eigenvalue weighted by Gasteiger charge is 2.13. The first-order valence-electron chi connectivity index (χ1n) is 9.41. The van der Waals surface area contributed by atoms with Gasteiger partial charge in [0.25, 0.3) is 5.56 Å². The number of hydrogen-bond acceptors (Lipinski definition) is 4. The maximum atomic E-state index is 12.5. The summed E-state index contributed by atoms with van der Waals surface area (Å²) >= 11 is 5.46. The molecule has 0 fully saturated rings. The summed E-state index contributed by atoms with van der Waals surface area (Å²) in [5.74, 6) is 0.766. The number of aromatic nitrogens is 1. The molecule has 0 saturated heterocycles. The molecule has 0 unspecified atom stereocenters. The van der Waals surface area contributed by atoms with E-state index in [1.807, 2.05) is 31.3 Å². The monoisotopic (exact) mass is 390 g/mol. The Bertz CT molecular complexity index is 817. The number of aromatic amines is 1. The summed E-state index contributed by atoms with van der Waals surface area (Å²) < 4.78 is 5.29. The van der Waals surface area contributed by atoms with Crippen LogP contribution in [0.25, 0.3) is 10.9 Å². The molecule has 0 aliphatic rings. The van der Waals surface area contributed by atoms with Crippen molar-refractivity contribution >= 4 is 28.2 Å². The van der Waals surface area contributed by atoms with Crippen molar-refractivity contribution in [3.8, 4) is 5.75 Å². The van der Waals surface area contributed by atoms with Crippen molar-refractivity contribution in [1.82, 2.24) is 20.1 Å². The molecular formula is C20H30N4O2S. The molecule has 27 heavy (non-hydrogen) atoms. The molecule has 7 heteroatoms. The highest BCUT2D eigenvalue weighted by molar-refractivity contribution is 7.80. The van der Waals surface area contributed by atoms with Crippen molar-refractivity contribution in [2.24, 2.45) is 0 Å². The molecule has 0 bridgehead atoms. The number of methoxy groups -OCH3 is 1. The summed E-state index contributed by atoms with van der Waals surface area (Å²) in [5, 5.41) is 4.64. The van der Waals surface area contributed by atoms with E-state index in [0.717, 1.165) is 49.3 Å². The molecule has 0 spiro atoms. The van der Waals surface area contributed by atoms with Crippen LogP contribution in [0.15, 0.2) is 29.1 Å². The maximum Gasteiger partial charge on any atom is 0.253 e. The van der Waals surface area contributed by atoms with Crippen LogP contribution in [-0.4, -0.2) is 60.2 Å². The third kappa shape index (κ3) is 5.68. The minimum atomic E-state index is -0.0830. The summed E-state index contributed by atoms with van der Waals surface area (Å²) in [4.78, 5) is 19.9. The fourth-order valence-corrected chi connectivity index (χ4v) is 3.27. The number of nitrogens with zero attached hydrogens (tertiary/aromatic N) is 2. The van der Waals surface area contributed by atoms with Gasteiger partial charge < -0.3 is 24.8 Å². The standard InChI is InChI=1S/C20H30N4O2S/c1-5-23(6-2)10-7-11-24(20(27)21-3)14-16-12-15-13-17(26-4)8-9-18(15)22-19(16)25/h8-9,12-13H,5-7,10-11,14H2,1-4H3,(H,21,27)(H,22,25). The van der Waals surface area contributed by atoms with Gasteiger partial charge in [0.2, 0.25) is 0 Å². The normalized spacial score (nSPS) is 11.0. The zero-order chi connectivity index (χ0) is 19.8. The molecule has 0 atom stereocenters. The molecule has 0 aliphatic carbocycles. The molecule has 1 aromatic heterocycles. The van der Waals surface area contributed by atoms with Crippen LogP contribution in [0, 0.1) is 0 Å². The first-order chi connectivity index (χ1) is 13.0. The van der Waals surface area contributed by atoms with Crippen LogP contribution in [-0.2, 0) is 6.54 Å². The van der Waals surface area contributed by atoms with Gasteiger partial charge in [-0.2, -0.15) is 0 Å². The molecule has 0 aliphatic heterocycles. The Hall–Kier alpha value is -2.12. The molecule has 0 radical (unpaired) electrons. The van der Waals surface area contributed by atoms with Gasteiger partial charge in [0.05, 0.1) is 13.7 Å². The smallest absolute Gasteiger partial charge is 0.253 e. The predicted octanol–water partition coefficient (Wildman–Crippen LogP) is 2.57. The largest absolute Gasteiger partial charge is 0.497 e. The van der Waals surface area contributed by atoms with Gasteiger partial charge in [0, 0.05) is 30.1 Å². The van der Waals surface area contributed by atoms with Crippen molar-refractivity contribution < 1.29 is 4.74 Å². The zero-order valence-corrected chi connectivity index (χ0v) is 17.5. The van der Waals surface area contributed by atoms with Crippen LogP contribution < -0.4 is 15.6 Å². The van der Waals surface area contributed by atoms with Crippen molar-refractivity contribution in [1.29, 1.82) is 0 Å². The van der Waals surface area contributed by atoms with E-state index in [1.165, 1.54) is 0 Å². The van der Waals surface area contributed by atoms with Gasteiger partial charge in [-0.25, -0.2) is 0 Å². The lowest BCUT2D eigenvalue weighted by Gasteiger charge is -2.26. The first kappa shape index (κ1) is 21.2. The van der Waals surface area contributed by atoms with E-state index in [1.54, 1.807) is 7.11 Å². The second-order valence-corrected chi connectivity index (χ2v) is 6.82. The van der Waals surface area contributed by atoms with E-state index >= 15 is 0 Å². The average Bonchev–Trinajstić information content (AvgIpc) is 2.69. The molecule has 0 saturated carbocycles. The Kier molecular flexibility index (Phi) is 8.06. The summed E-state index contributed by atoms with van der Waals surface area (Å²) in [6.07, 6.45) is 0.989. The van der Waals surface area contributed by atoms with Crippen molar-refractivity contribution in [3.05, 3.63) is 40.2 Å². The number of nitrogens with one attached hydrogen (secondary N) is 2. The Morgan fingerprint density at radius 1 is 1.22 bits per heavy atom. The highest BCUT2D eigenvalue weighted by atomic mass is 32.1. The fourth-order valence-electron chi connectivity index (χ4n) is 3.12. The summed E-state index contributed by atoms with van der Waals surface area (Å²) in [6.45, 7) is 8.70. The topological polar surface area (TPSA) is 60.6 Å². The van der Waals surface area contributed by atoms with Crippen LogP contribution >= 0.6 is 12.2 Å². The minimum Gasteiger partial charge on any atom is -0.497 e. The van der Waals surface area contributed by atoms with Gasteiger partial charge in [0.1, 0.15) is 5.75 Å². The number of ether oxygens (including phenoxy) is 1. The summed E-state index contributed by atoms with van der Waals surface area (Å²) in [5.41, 5.74) is 1.41. The molecule has 148 valence electrons. The molecule has 1 heterocycles. The first-order valence-corrected chi connectivity index (χ1v) is 9.82. The number of hydrogen-bond donors (Lipinski definition) is 2. The SMILES string of the molecule is CCN(CC)CCCN(Cc1cc2cc(OC)ccc2[nH]c1=O)C(=S)NC. The molecule has 2 aromatic rings. The second-order valence-electron chi connectivity index (χ2n) is 6.43. The van der Waals surface area contributed by atoms with Gasteiger partial charge >= 0.3 is 0 Å². The summed E-state index contributed by atoms with van der Waals surface area (Å²) in [7, 11) is 3.45. The predicted molar refractivity (Wildman–Crippen MR) is 116 cm³/mol. The van der Waals surface area contributed by atoms with Crippen molar-refractivity contribution in [2.45, 2.75) is 26.8 Å². The van der Waals surface area contributed by atoms with Crippen molar-refractivity contribution in [2.75, 3.05) is 40.3 Å². The minimum absolute atomic E-state index is 0.0830. The number of benzene rings is 1. The molecule has 2 N–H and O–H groups in total. The molecule has 0 amide bonds. The summed E-state index contributed by atoms with van der Waals surface area (Å²) in [6, 6.07) is 7.55. The van der Waals surface area contributed by atoms with Gasteiger partial charge in [-0.15, -0.1) is 0 Å². The molecule has 1 aromatic carbocycles. The highest BCUT2D eigenvalue weighted by Crippen LogP contribution is 2.19. The van der Waals surface area contributed by atoms with Gasteiger partial charge in [0.15, 0.2) is 5.11 Å². The van der Waals surface area contributed by atoms with Gasteiger partial charge in [-0.1, -0.05) is 13.8 Å². The van der Waals surface area contributed by atoms with Crippen LogP contribution in [0.5, 0.6) is 5.75 Å². The van der Waals surface area contributed by atoms with Crippen molar-refractivity contribution in [3.63, 3.8) is 0 Å². The quantitative estimate of drug-likeness (QED) is 0.642. The lowest BCUT2D eigenvalue weighted by molar-refractivity contribution is 0.279. The third-order valence-corrected chi connectivity index (χ3v) is 5.25. The van der Waals surface area contributed by atoms with E-state index in [0.29, 0.717) is 17.2 Å². The lowest BCUT2D eigenvalue weighted by atomic mass is 10.1. The van der Waals surface area contributed by atoms with E-state index < -0.39 is 0 Å². The number of H-pyrrole nitrogens is 1. The van der Waals surface area contributed by atoms with E-state index in [4.69, 9.17) is 17.0 Å². The van der Waals surface area contributed by atoms with E-state index in [2.05, 4.69) is 33.9 Å². The van der Waals surface area contributed by atoms with Crippen LogP contribution in [0.1, 0.15) is 25.8 Å². The van der Waals surface area contributed by atoms with Crippen LogP contribution in [0.4, 0.5) is 0 Å². The Morgan fingerprint density at radius 2 is 1.96 bits per heavy atom. The van der Waals surface area contributed by atoms with Crippen LogP contribution in [0.3, 0.4) is 0 Å². The molecule has 6 nitrogen and oxygen atoms in total. The van der Waals surface area contributed by atoms with E-state index in [-0.39, 0.29) is 5.56 Å². The average molecular weight is 391 g/mol. The maximum absolute atomic E-state index is 12.5. The number of rotatable bonds is 9. The molecular weight excluding hydrogens is 360 g/mol. The lowest BCUT2D eigenvalue weighted by Crippen LogP contribution is -2.40. The Balaban J connectivity index is 2.19. The van der Waals surface area contributed by atoms with Crippen LogP contribution in [0.2, 0.25) is 0 Å². The third-order valence-electron chi connectivity index (χ3n) is 4.79. The Labute approximate surface area is 166 Å². The number of fused-ring (bicyclic) bond motifs is 1. The number of pyridine rings is 1.